The van der Waals surface area contributed by atoms with Gasteiger partial charge in [0.2, 0.25) is 5.85 Å². The predicted octanol–water partition coefficient (Wildman–Crippen LogP) is 3.32. The number of benzene rings is 1. The molecular weight excluding hydrogens is 284 g/mol. The van der Waals surface area contributed by atoms with Crippen LogP contribution in [0.25, 0.3) is 10.4 Å². The maximum absolute atomic E-state index is 11.9. The molecule has 1 aromatic carbocycles. The molecule has 0 aliphatic carbocycles. The summed E-state index contributed by atoms with van der Waals surface area (Å²) in [6, 6.07) is 7.07. The van der Waals surface area contributed by atoms with Crippen molar-refractivity contribution in [3.05, 3.63) is 40.3 Å². The Bertz CT molecular complexity index is 600. The van der Waals surface area contributed by atoms with E-state index in [0.29, 0.717) is 18.7 Å². The van der Waals surface area contributed by atoms with Crippen molar-refractivity contribution in [3.63, 3.8) is 0 Å². The van der Waals surface area contributed by atoms with Gasteiger partial charge in [0.05, 0.1) is 12.2 Å². The van der Waals surface area contributed by atoms with Crippen molar-refractivity contribution in [1.29, 1.82) is 0 Å². The minimum atomic E-state index is -1.07. The van der Waals surface area contributed by atoms with Crippen molar-refractivity contribution in [3.8, 4) is 0 Å². The molecule has 0 N–H and O–H groups in total. The Morgan fingerprint density at radius 3 is 3.00 bits per heavy atom. The Morgan fingerprint density at radius 1 is 1.59 bits per heavy atom. The molecule has 118 valence electrons. The molecule has 2 rings (SSSR count). The first-order chi connectivity index (χ1) is 10.6. The minimum Gasteiger partial charge on any atom is -0.462 e. The molecule has 0 saturated carbocycles. The summed E-state index contributed by atoms with van der Waals surface area (Å²) in [6.45, 7) is 4.75. The van der Waals surface area contributed by atoms with Crippen LogP contribution in [0.15, 0.2) is 29.4 Å². The first-order valence-corrected chi connectivity index (χ1v) is 7.25. The largest absolute Gasteiger partial charge is 0.462 e. The molecule has 7 nitrogen and oxygen atoms in total. The summed E-state index contributed by atoms with van der Waals surface area (Å²) in [5.74, 6) is -1.40. The minimum absolute atomic E-state index is 0.0413. The summed E-state index contributed by atoms with van der Waals surface area (Å²) in [4.78, 5) is 16.7. The van der Waals surface area contributed by atoms with Crippen LogP contribution in [0.4, 0.5) is 5.69 Å². The summed E-state index contributed by atoms with van der Waals surface area (Å²) in [6.07, 6.45) is 0.830. The highest BCUT2D eigenvalue weighted by atomic mass is 16.5. The molecule has 0 aromatic heterocycles. The molecule has 1 aromatic rings. The Balaban J connectivity index is 2.40. The van der Waals surface area contributed by atoms with Gasteiger partial charge in [0.1, 0.15) is 0 Å². The fourth-order valence-corrected chi connectivity index (χ4v) is 2.84. The third-order valence-corrected chi connectivity index (χ3v) is 3.97. The Kier molecular flexibility index (Phi) is 4.90. The maximum Gasteiger partial charge on any atom is 0.338 e. The van der Waals surface area contributed by atoms with E-state index in [1.165, 1.54) is 7.11 Å². The zero-order chi connectivity index (χ0) is 16.2. The summed E-state index contributed by atoms with van der Waals surface area (Å²) in [7, 11) is 1.53. The highest BCUT2D eigenvalue weighted by Crippen LogP contribution is 2.40. The van der Waals surface area contributed by atoms with E-state index in [1.54, 1.807) is 25.1 Å². The first kappa shape index (κ1) is 16.1. The standard InChI is InChI=1S/C15H20N4O3/c1-4-22-14(20)12-6-5-7-13(10-12)19-9-8-11(2)15(19,21-3)17-18-16/h5-7,10-11H,4,8-9H2,1-3H3/t11-,15+/m0/s1. The number of nitrogens with zero attached hydrogens (tertiary/aromatic N) is 4. The fraction of sp³-hybridized carbons (Fsp3) is 0.533. The van der Waals surface area contributed by atoms with Gasteiger partial charge in [-0.05, 0) is 42.2 Å². The van der Waals surface area contributed by atoms with Gasteiger partial charge in [-0.25, -0.2) is 4.79 Å². The number of azide groups is 1. The van der Waals surface area contributed by atoms with Crippen LogP contribution in [0, 0.1) is 5.92 Å². The van der Waals surface area contributed by atoms with Crippen LogP contribution in [0.5, 0.6) is 0 Å². The van der Waals surface area contributed by atoms with E-state index in [-0.39, 0.29) is 11.9 Å². The number of esters is 1. The number of rotatable bonds is 5. The first-order valence-electron chi connectivity index (χ1n) is 7.25. The second-order valence-electron chi connectivity index (χ2n) is 5.16. The fourth-order valence-electron chi connectivity index (χ4n) is 2.84. The van der Waals surface area contributed by atoms with Crippen molar-refractivity contribution in [1.82, 2.24) is 0 Å². The van der Waals surface area contributed by atoms with Gasteiger partial charge in [0, 0.05) is 30.2 Å². The van der Waals surface area contributed by atoms with Gasteiger partial charge in [-0.2, -0.15) is 0 Å². The average molecular weight is 304 g/mol. The third kappa shape index (κ3) is 2.73. The molecule has 1 heterocycles. The Morgan fingerprint density at radius 2 is 2.36 bits per heavy atom. The smallest absolute Gasteiger partial charge is 0.338 e. The van der Waals surface area contributed by atoms with E-state index < -0.39 is 5.85 Å². The van der Waals surface area contributed by atoms with Gasteiger partial charge < -0.3 is 14.4 Å². The molecule has 22 heavy (non-hydrogen) atoms. The van der Waals surface area contributed by atoms with Gasteiger partial charge >= 0.3 is 5.97 Å². The lowest BCUT2D eigenvalue weighted by atomic mass is 10.1. The molecule has 2 atom stereocenters. The number of anilines is 1. The van der Waals surface area contributed by atoms with Gasteiger partial charge in [0.25, 0.3) is 0 Å². The molecule has 0 radical (unpaired) electrons. The molecule has 0 bridgehead atoms. The Labute approximate surface area is 129 Å². The SMILES string of the molecule is CCOC(=O)c1cccc(N2CC[C@H](C)[C@]2(N=[N+]=[N-])OC)c1. The average Bonchev–Trinajstić information content (AvgIpc) is 2.85. The molecule has 1 fully saturated rings. The highest BCUT2D eigenvalue weighted by molar-refractivity contribution is 5.90. The summed E-state index contributed by atoms with van der Waals surface area (Å²) < 4.78 is 10.6. The molecule has 7 heteroatoms. The van der Waals surface area contributed by atoms with Gasteiger partial charge in [-0.3, -0.25) is 0 Å². The van der Waals surface area contributed by atoms with Gasteiger partial charge in [-0.15, -0.1) is 0 Å². The van der Waals surface area contributed by atoms with Crippen LogP contribution in [-0.4, -0.2) is 32.1 Å². The van der Waals surface area contributed by atoms with Crippen LogP contribution in [0.3, 0.4) is 0 Å². The van der Waals surface area contributed by atoms with E-state index in [1.807, 2.05) is 17.9 Å². The van der Waals surface area contributed by atoms with Crippen molar-refractivity contribution >= 4 is 11.7 Å². The van der Waals surface area contributed by atoms with E-state index in [9.17, 15) is 4.79 Å². The second kappa shape index (κ2) is 6.68. The van der Waals surface area contributed by atoms with Gasteiger partial charge in [0.15, 0.2) is 0 Å². The zero-order valence-corrected chi connectivity index (χ0v) is 13.0. The van der Waals surface area contributed by atoms with E-state index >= 15 is 0 Å². The number of hydrogen-bond donors (Lipinski definition) is 0. The molecule has 0 amide bonds. The molecule has 1 saturated heterocycles. The quantitative estimate of drug-likeness (QED) is 0.361. The second-order valence-corrected chi connectivity index (χ2v) is 5.16. The maximum atomic E-state index is 11.9. The number of ether oxygens (including phenoxy) is 2. The van der Waals surface area contributed by atoms with E-state index in [2.05, 4.69) is 10.0 Å². The monoisotopic (exact) mass is 304 g/mol. The van der Waals surface area contributed by atoms with Crippen LogP contribution in [-0.2, 0) is 9.47 Å². The number of carbonyl (C=O) groups excluding carboxylic acids is 1. The van der Waals surface area contributed by atoms with Crippen LogP contribution >= 0.6 is 0 Å². The lowest BCUT2D eigenvalue weighted by Crippen LogP contribution is -2.47. The summed E-state index contributed by atoms with van der Waals surface area (Å²) in [5, 5.41) is 3.89. The number of carbonyl (C=O) groups is 1. The molecule has 0 spiro atoms. The Hall–Kier alpha value is -2.24. The molecular formula is C15H20N4O3. The van der Waals surface area contributed by atoms with Gasteiger partial charge in [-0.1, -0.05) is 13.0 Å². The zero-order valence-electron chi connectivity index (χ0n) is 13.0. The van der Waals surface area contributed by atoms with Crippen LogP contribution < -0.4 is 4.90 Å². The molecule has 1 aliphatic rings. The lowest BCUT2D eigenvalue weighted by Gasteiger charge is -2.37. The van der Waals surface area contributed by atoms with Crippen molar-refractivity contribution in [2.45, 2.75) is 26.1 Å². The molecule has 0 unspecified atom stereocenters. The normalized spacial score (nSPS) is 24.0. The van der Waals surface area contributed by atoms with E-state index in [4.69, 9.17) is 15.0 Å². The predicted molar refractivity (Wildman–Crippen MR) is 82.4 cm³/mol. The molecule has 1 aliphatic heterocycles. The van der Waals surface area contributed by atoms with Crippen LogP contribution in [0.1, 0.15) is 30.6 Å². The van der Waals surface area contributed by atoms with Crippen molar-refractivity contribution in [2.75, 3.05) is 25.2 Å². The number of hydrogen-bond acceptors (Lipinski definition) is 5. The van der Waals surface area contributed by atoms with Crippen molar-refractivity contribution < 1.29 is 14.3 Å². The highest BCUT2D eigenvalue weighted by Gasteiger charge is 2.47. The van der Waals surface area contributed by atoms with Crippen LogP contribution in [0.2, 0.25) is 0 Å². The van der Waals surface area contributed by atoms with E-state index in [0.717, 1.165) is 12.1 Å². The topological polar surface area (TPSA) is 87.5 Å². The third-order valence-electron chi connectivity index (χ3n) is 3.97. The number of methoxy groups -OCH3 is 1. The lowest BCUT2D eigenvalue weighted by molar-refractivity contribution is -0.0274. The summed E-state index contributed by atoms with van der Waals surface area (Å²) >= 11 is 0. The summed E-state index contributed by atoms with van der Waals surface area (Å²) in [5.41, 5.74) is 10.1. The van der Waals surface area contributed by atoms with Crippen molar-refractivity contribution in [2.24, 2.45) is 11.0 Å².